The van der Waals surface area contributed by atoms with Crippen molar-refractivity contribution in [3.05, 3.63) is 28.5 Å². The molecule has 0 spiro atoms. The van der Waals surface area contributed by atoms with Crippen LogP contribution in [0.4, 0.5) is 4.39 Å². The number of hydrogen-bond acceptors (Lipinski definition) is 2. The van der Waals surface area contributed by atoms with Gasteiger partial charge in [0.1, 0.15) is 11.6 Å². The van der Waals surface area contributed by atoms with Gasteiger partial charge in [-0.15, -0.1) is 0 Å². The molecule has 1 aromatic carbocycles. The van der Waals surface area contributed by atoms with Crippen LogP contribution in [0.3, 0.4) is 0 Å². The summed E-state index contributed by atoms with van der Waals surface area (Å²) in [5.41, 5.74) is 0. The number of ether oxygens (including phenoxy) is 1. The third-order valence-corrected chi connectivity index (χ3v) is 2.16. The van der Waals surface area contributed by atoms with Crippen LogP contribution in [0.1, 0.15) is 6.92 Å². The van der Waals surface area contributed by atoms with Crippen LogP contribution in [0, 0.1) is 5.82 Å². The summed E-state index contributed by atoms with van der Waals surface area (Å²) in [5, 5.41) is 8.56. The highest BCUT2D eigenvalue weighted by Gasteiger charge is 2.12. The maximum atomic E-state index is 12.8. The highest BCUT2D eigenvalue weighted by Crippen LogP contribution is 2.22. The van der Waals surface area contributed by atoms with E-state index in [0.29, 0.717) is 5.75 Å². The normalized spacial score (nSPS) is 12.2. The van der Waals surface area contributed by atoms with Crippen molar-refractivity contribution >= 4 is 21.9 Å². The van der Waals surface area contributed by atoms with Gasteiger partial charge in [0.05, 0.1) is 4.47 Å². The number of halogens is 2. The molecule has 0 fully saturated rings. The molecular weight excluding hydrogens is 255 g/mol. The first-order valence-electron chi connectivity index (χ1n) is 3.85. The number of carboxylic acids is 1. The average molecular weight is 263 g/mol. The number of rotatable bonds is 3. The van der Waals surface area contributed by atoms with Crippen molar-refractivity contribution in [2.24, 2.45) is 0 Å². The van der Waals surface area contributed by atoms with E-state index in [1.807, 2.05) is 0 Å². The smallest absolute Gasteiger partial charge is 0.344 e. The van der Waals surface area contributed by atoms with Crippen LogP contribution in [0.5, 0.6) is 5.75 Å². The predicted octanol–water partition coefficient (Wildman–Crippen LogP) is 2.44. The zero-order valence-electron chi connectivity index (χ0n) is 7.33. The van der Waals surface area contributed by atoms with Crippen molar-refractivity contribution in [2.45, 2.75) is 13.0 Å². The molecule has 1 N–H and O–H groups in total. The average Bonchev–Trinajstić information content (AvgIpc) is 2.11. The van der Waals surface area contributed by atoms with Crippen LogP contribution in [0.2, 0.25) is 0 Å². The fraction of sp³-hybridized carbons (Fsp3) is 0.222. The molecule has 3 nitrogen and oxygen atoms in total. The van der Waals surface area contributed by atoms with Gasteiger partial charge in [0, 0.05) is 0 Å². The molecular formula is C9H8BrFO3. The van der Waals surface area contributed by atoms with E-state index in [1.165, 1.54) is 25.1 Å². The third-order valence-electron chi connectivity index (χ3n) is 1.55. The zero-order chi connectivity index (χ0) is 10.7. The summed E-state index contributed by atoms with van der Waals surface area (Å²) in [7, 11) is 0. The van der Waals surface area contributed by atoms with E-state index in [4.69, 9.17) is 9.84 Å². The zero-order valence-corrected chi connectivity index (χ0v) is 8.92. The Kier molecular flexibility index (Phi) is 3.46. The monoisotopic (exact) mass is 262 g/mol. The molecule has 14 heavy (non-hydrogen) atoms. The second-order valence-corrected chi connectivity index (χ2v) is 3.53. The standard InChI is InChI=1S/C9H8BrFO3/c1-5(9(12)13)14-6-2-3-8(11)7(10)4-6/h2-5H,1H3,(H,12,13)/t5-/m1/s1. The molecule has 76 valence electrons. The first kappa shape index (κ1) is 11.0. The van der Waals surface area contributed by atoms with Crippen LogP contribution in [-0.2, 0) is 4.79 Å². The maximum absolute atomic E-state index is 12.8. The molecule has 1 atom stereocenters. The summed E-state index contributed by atoms with van der Waals surface area (Å²) < 4.78 is 18.0. The van der Waals surface area contributed by atoms with Gasteiger partial charge in [-0.2, -0.15) is 0 Å². The lowest BCUT2D eigenvalue weighted by Crippen LogP contribution is -2.22. The topological polar surface area (TPSA) is 46.5 Å². The molecule has 1 rings (SSSR count). The molecule has 0 saturated carbocycles. The van der Waals surface area contributed by atoms with E-state index < -0.39 is 17.9 Å². The second kappa shape index (κ2) is 4.41. The fourth-order valence-corrected chi connectivity index (χ4v) is 1.16. The van der Waals surface area contributed by atoms with Crippen LogP contribution in [0.25, 0.3) is 0 Å². The van der Waals surface area contributed by atoms with Gasteiger partial charge in [-0.1, -0.05) is 0 Å². The van der Waals surface area contributed by atoms with Crippen molar-refractivity contribution < 1.29 is 19.0 Å². The Hall–Kier alpha value is -1.10. The van der Waals surface area contributed by atoms with Gasteiger partial charge >= 0.3 is 5.97 Å². The molecule has 0 heterocycles. The third kappa shape index (κ3) is 2.70. The van der Waals surface area contributed by atoms with E-state index in [9.17, 15) is 9.18 Å². The van der Waals surface area contributed by atoms with Crippen LogP contribution in [-0.4, -0.2) is 17.2 Å². The highest BCUT2D eigenvalue weighted by molar-refractivity contribution is 9.10. The summed E-state index contributed by atoms with van der Waals surface area (Å²) >= 11 is 2.97. The summed E-state index contributed by atoms with van der Waals surface area (Å²) in [5.74, 6) is -1.17. The lowest BCUT2D eigenvalue weighted by atomic mass is 10.3. The van der Waals surface area contributed by atoms with Crippen molar-refractivity contribution in [2.75, 3.05) is 0 Å². The largest absolute Gasteiger partial charge is 0.479 e. The first-order chi connectivity index (χ1) is 6.50. The molecule has 0 aliphatic carbocycles. The van der Waals surface area contributed by atoms with E-state index >= 15 is 0 Å². The predicted molar refractivity (Wildman–Crippen MR) is 51.8 cm³/mol. The van der Waals surface area contributed by atoms with Gasteiger partial charge in [-0.3, -0.25) is 0 Å². The van der Waals surface area contributed by atoms with Crippen LogP contribution < -0.4 is 4.74 Å². The lowest BCUT2D eigenvalue weighted by Gasteiger charge is -2.10. The van der Waals surface area contributed by atoms with E-state index in [-0.39, 0.29) is 4.47 Å². The summed E-state index contributed by atoms with van der Waals surface area (Å²) in [4.78, 5) is 10.4. The summed E-state index contributed by atoms with van der Waals surface area (Å²) in [6, 6.07) is 3.96. The molecule has 0 bridgehead atoms. The van der Waals surface area contributed by atoms with Crippen molar-refractivity contribution in [3.63, 3.8) is 0 Å². The number of aliphatic carboxylic acids is 1. The van der Waals surface area contributed by atoms with Crippen LogP contribution in [0.15, 0.2) is 22.7 Å². The Balaban J connectivity index is 2.78. The molecule has 0 aliphatic rings. The SMILES string of the molecule is C[C@@H](Oc1ccc(F)c(Br)c1)C(=O)O. The Morgan fingerprint density at radius 2 is 2.29 bits per heavy atom. The van der Waals surface area contributed by atoms with Gasteiger partial charge in [-0.25, -0.2) is 9.18 Å². The second-order valence-electron chi connectivity index (χ2n) is 2.67. The molecule has 0 aromatic heterocycles. The van der Waals surface area contributed by atoms with Gasteiger partial charge in [0.2, 0.25) is 0 Å². The molecule has 0 saturated heterocycles. The minimum absolute atomic E-state index is 0.243. The summed E-state index contributed by atoms with van der Waals surface area (Å²) in [6.45, 7) is 1.40. The van der Waals surface area contributed by atoms with Crippen molar-refractivity contribution in [1.82, 2.24) is 0 Å². The Morgan fingerprint density at radius 1 is 1.64 bits per heavy atom. The lowest BCUT2D eigenvalue weighted by molar-refractivity contribution is -0.144. The van der Waals surface area contributed by atoms with Crippen molar-refractivity contribution in [3.8, 4) is 5.75 Å². The van der Waals surface area contributed by atoms with E-state index in [0.717, 1.165) is 0 Å². The first-order valence-corrected chi connectivity index (χ1v) is 4.64. The highest BCUT2D eigenvalue weighted by atomic mass is 79.9. The molecule has 0 radical (unpaired) electrons. The van der Waals surface area contributed by atoms with Gasteiger partial charge in [0.25, 0.3) is 0 Å². The van der Waals surface area contributed by atoms with Crippen LogP contribution >= 0.6 is 15.9 Å². The van der Waals surface area contributed by atoms with E-state index in [1.54, 1.807) is 0 Å². The number of hydrogen-bond donors (Lipinski definition) is 1. The molecule has 1 aromatic rings. The number of carbonyl (C=O) groups is 1. The van der Waals surface area contributed by atoms with Gasteiger partial charge < -0.3 is 9.84 Å². The Bertz CT molecular complexity index is 354. The fourth-order valence-electron chi connectivity index (χ4n) is 0.805. The number of carboxylic acid groups (broad SMARTS) is 1. The number of benzene rings is 1. The Morgan fingerprint density at radius 3 is 2.79 bits per heavy atom. The quantitative estimate of drug-likeness (QED) is 0.910. The molecule has 0 unspecified atom stereocenters. The Labute approximate surface area is 88.6 Å². The molecule has 0 aliphatic heterocycles. The maximum Gasteiger partial charge on any atom is 0.344 e. The van der Waals surface area contributed by atoms with Crippen molar-refractivity contribution in [1.29, 1.82) is 0 Å². The molecule has 5 heteroatoms. The minimum Gasteiger partial charge on any atom is -0.479 e. The van der Waals surface area contributed by atoms with Gasteiger partial charge in [-0.05, 0) is 41.1 Å². The van der Waals surface area contributed by atoms with E-state index in [2.05, 4.69) is 15.9 Å². The van der Waals surface area contributed by atoms with Gasteiger partial charge in [0.15, 0.2) is 6.10 Å². The minimum atomic E-state index is -1.06. The molecule has 0 amide bonds. The summed E-state index contributed by atoms with van der Waals surface area (Å²) in [6.07, 6.45) is -0.952.